The molecule has 11 heteroatoms. The second kappa shape index (κ2) is 11.9. The van der Waals surface area contributed by atoms with Crippen LogP contribution in [0.15, 0.2) is 73.4 Å². The number of nitrogens with zero attached hydrogens (tertiary/aromatic N) is 3. The second-order valence-electron chi connectivity index (χ2n) is 7.78. The van der Waals surface area contributed by atoms with Gasteiger partial charge in [0, 0.05) is 25.2 Å². The smallest absolute Gasteiger partial charge is 0.282 e. The number of rotatable bonds is 8. The standard InChI is InChI=1S/C26H21Br2ClN4O4/c1-3-36-23-10-16(13-30-33-15(2)31-22-9-4-17(27)11-20(22)26(33)35)21(28)12-24(23)37-14-25(34)32-19-7-5-18(29)6-8-19/h4-13H,3,14H2,1-2H3,(H,32,34). The van der Waals surface area contributed by atoms with E-state index in [2.05, 4.69) is 47.3 Å². The molecule has 4 rings (SSSR count). The number of amides is 1. The van der Waals surface area contributed by atoms with Crippen LogP contribution < -0.4 is 20.3 Å². The minimum atomic E-state index is -0.336. The highest BCUT2D eigenvalue weighted by atomic mass is 79.9. The lowest BCUT2D eigenvalue weighted by molar-refractivity contribution is -0.118. The van der Waals surface area contributed by atoms with Crippen molar-refractivity contribution in [1.29, 1.82) is 0 Å². The fourth-order valence-electron chi connectivity index (χ4n) is 3.42. The van der Waals surface area contributed by atoms with Crippen molar-refractivity contribution in [2.45, 2.75) is 13.8 Å². The molecule has 1 heterocycles. The number of aromatic nitrogens is 2. The maximum Gasteiger partial charge on any atom is 0.282 e. The van der Waals surface area contributed by atoms with Crippen molar-refractivity contribution < 1.29 is 14.3 Å². The van der Waals surface area contributed by atoms with E-state index >= 15 is 0 Å². The quantitative estimate of drug-likeness (QED) is 0.230. The predicted molar refractivity (Wildman–Crippen MR) is 152 cm³/mol. The van der Waals surface area contributed by atoms with Gasteiger partial charge in [-0.05, 0) is 84.4 Å². The SMILES string of the molecule is CCOc1cc(C=Nn2c(C)nc3ccc(Br)cc3c2=O)c(Br)cc1OCC(=O)Nc1ccc(Cl)cc1. The van der Waals surface area contributed by atoms with Crippen LogP contribution >= 0.6 is 43.5 Å². The van der Waals surface area contributed by atoms with Crippen LogP contribution in [0.1, 0.15) is 18.3 Å². The number of hydrogen-bond acceptors (Lipinski definition) is 6. The van der Waals surface area contributed by atoms with E-state index in [4.69, 9.17) is 21.1 Å². The topological polar surface area (TPSA) is 94.8 Å². The van der Waals surface area contributed by atoms with Crippen LogP contribution in [-0.4, -0.2) is 35.0 Å². The third-order valence-electron chi connectivity index (χ3n) is 5.13. The summed E-state index contributed by atoms with van der Waals surface area (Å²) in [7, 11) is 0. The Balaban J connectivity index is 1.56. The molecule has 0 saturated heterocycles. The van der Waals surface area contributed by atoms with Crippen LogP contribution in [0.3, 0.4) is 0 Å². The monoisotopic (exact) mass is 646 g/mol. The van der Waals surface area contributed by atoms with Gasteiger partial charge in [-0.2, -0.15) is 9.78 Å². The molecule has 0 aliphatic carbocycles. The van der Waals surface area contributed by atoms with Crippen LogP contribution in [0.4, 0.5) is 5.69 Å². The molecule has 0 aliphatic rings. The summed E-state index contributed by atoms with van der Waals surface area (Å²) < 4.78 is 14.1. The molecule has 4 aromatic rings. The van der Waals surface area contributed by atoms with Crippen molar-refractivity contribution in [1.82, 2.24) is 9.66 Å². The fourth-order valence-corrected chi connectivity index (χ4v) is 4.33. The summed E-state index contributed by atoms with van der Waals surface area (Å²) in [4.78, 5) is 29.8. The van der Waals surface area contributed by atoms with Crippen LogP contribution in [0, 0.1) is 6.92 Å². The number of nitrogens with one attached hydrogen (secondary N) is 1. The van der Waals surface area contributed by atoms with Crippen LogP contribution in [0.2, 0.25) is 5.02 Å². The summed E-state index contributed by atoms with van der Waals surface area (Å²) in [6.45, 7) is 3.71. The maximum atomic E-state index is 13.0. The first kappa shape index (κ1) is 26.8. The van der Waals surface area contributed by atoms with E-state index in [0.717, 1.165) is 4.47 Å². The van der Waals surface area contributed by atoms with E-state index in [1.165, 1.54) is 10.9 Å². The normalized spacial score (nSPS) is 11.2. The molecule has 0 bridgehead atoms. The summed E-state index contributed by atoms with van der Waals surface area (Å²) in [5.74, 6) is 0.916. The number of carbonyl (C=O) groups is 1. The Hall–Kier alpha value is -3.21. The molecule has 0 aliphatic heterocycles. The summed E-state index contributed by atoms with van der Waals surface area (Å²) in [5, 5.41) is 8.15. The van der Waals surface area contributed by atoms with Gasteiger partial charge in [0.05, 0.1) is 23.7 Å². The highest BCUT2D eigenvalue weighted by molar-refractivity contribution is 9.10. The molecular formula is C26H21Br2ClN4O4. The van der Waals surface area contributed by atoms with Gasteiger partial charge < -0.3 is 14.8 Å². The lowest BCUT2D eigenvalue weighted by Crippen LogP contribution is -2.21. The van der Waals surface area contributed by atoms with E-state index in [9.17, 15) is 9.59 Å². The van der Waals surface area contributed by atoms with Gasteiger partial charge in [-0.15, -0.1) is 0 Å². The molecular weight excluding hydrogens is 628 g/mol. The zero-order chi connectivity index (χ0) is 26.5. The highest BCUT2D eigenvalue weighted by Gasteiger charge is 2.13. The van der Waals surface area contributed by atoms with Crippen molar-refractivity contribution in [3.8, 4) is 11.5 Å². The molecule has 190 valence electrons. The van der Waals surface area contributed by atoms with Gasteiger partial charge in [-0.1, -0.05) is 27.5 Å². The summed E-state index contributed by atoms with van der Waals surface area (Å²) in [5.41, 5.74) is 1.56. The van der Waals surface area contributed by atoms with Crippen molar-refractivity contribution >= 4 is 72.2 Å². The summed E-state index contributed by atoms with van der Waals surface area (Å²) >= 11 is 12.8. The average Bonchev–Trinajstić information content (AvgIpc) is 2.86. The highest BCUT2D eigenvalue weighted by Crippen LogP contribution is 2.33. The lowest BCUT2D eigenvalue weighted by atomic mass is 10.2. The van der Waals surface area contributed by atoms with Gasteiger partial charge in [-0.25, -0.2) is 4.98 Å². The summed E-state index contributed by atoms with van der Waals surface area (Å²) in [6, 6.07) is 15.5. The molecule has 1 amide bonds. The number of aryl methyl sites for hydroxylation is 1. The Kier molecular flexibility index (Phi) is 8.63. The van der Waals surface area contributed by atoms with Gasteiger partial charge in [0.1, 0.15) is 5.82 Å². The number of anilines is 1. The lowest BCUT2D eigenvalue weighted by Gasteiger charge is -2.14. The van der Waals surface area contributed by atoms with Crippen molar-refractivity contribution in [2.24, 2.45) is 5.10 Å². The molecule has 8 nitrogen and oxygen atoms in total. The number of fused-ring (bicyclic) bond motifs is 1. The first-order valence-electron chi connectivity index (χ1n) is 11.1. The molecule has 0 radical (unpaired) electrons. The molecule has 1 N–H and O–H groups in total. The molecule has 1 aromatic heterocycles. The second-order valence-corrected chi connectivity index (χ2v) is 9.99. The number of carbonyl (C=O) groups excluding carboxylic acids is 1. The molecule has 37 heavy (non-hydrogen) atoms. The predicted octanol–water partition coefficient (Wildman–Crippen LogP) is 6.18. The van der Waals surface area contributed by atoms with Gasteiger partial charge >= 0.3 is 0 Å². The molecule has 0 fully saturated rings. The van der Waals surface area contributed by atoms with E-state index < -0.39 is 0 Å². The van der Waals surface area contributed by atoms with Gasteiger partial charge in [0.15, 0.2) is 18.1 Å². The van der Waals surface area contributed by atoms with Crippen LogP contribution in [0.25, 0.3) is 10.9 Å². The Labute approximate surface area is 234 Å². The van der Waals surface area contributed by atoms with Crippen LogP contribution in [0.5, 0.6) is 11.5 Å². The van der Waals surface area contributed by atoms with Crippen molar-refractivity contribution in [3.63, 3.8) is 0 Å². The van der Waals surface area contributed by atoms with Gasteiger partial charge in [0.2, 0.25) is 0 Å². The van der Waals surface area contributed by atoms with Crippen LogP contribution in [-0.2, 0) is 4.79 Å². The fraction of sp³-hybridized carbons (Fsp3) is 0.154. The van der Waals surface area contributed by atoms with Gasteiger partial charge in [-0.3, -0.25) is 9.59 Å². The number of ether oxygens (including phenoxy) is 2. The molecule has 3 aromatic carbocycles. The van der Waals surface area contributed by atoms with Crippen molar-refractivity contribution in [2.75, 3.05) is 18.5 Å². The number of hydrogen-bond donors (Lipinski definition) is 1. The molecule has 0 atom stereocenters. The Morgan fingerprint density at radius 2 is 1.84 bits per heavy atom. The van der Waals surface area contributed by atoms with E-state index in [1.807, 2.05) is 13.0 Å². The Morgan fingerprint density at radius 1 is 1.11 bits per heavy atom. The van der Waals surface area contributed by atoms with E-state index in [-0.39, 0.29) is 18.1 Å². The minimum absolute atomic E-state index is 0.227. The third kappa shape index (κ3) is 6.57. The first-order chi connectivity index (χ1) is 17.7. The average molecular weight is 649 g/mol. The molecule has 0 spiro atoms. The molecule has 0 saturated carbocycles. The molecule has 0 unspecified atom stereocenters. The zero-order valence-electron chi connectivity index (χ0n) is 19.8. The minimum Gasteiger partial charge on any atom is -0.490 e. The maximum absolute atomic E-state index is 13.0. The number of halogens is 3. The Bertz CT molecular complexity index is 1560. The Morgan fingerprint density at radius 3 is 2.57 bits per heavy atom. The number of benzene rings is 3. The third-order valence-corrected chi connectivity index (χ3v) is 6.56. The van der Waals surface area contributed by atoms with E-state index in [1.54, 1.807) is 55.5 Å². The largest absolute Gasteiger partial charge is 0.490 e. The summed E-state index contributed by atoms with van der Waals surface area (Å²) in [6.07, 6.45) is 1.53. The zero-order valence-corrected chi connectivity index (χ0v) is 23.7. The van der Waals surface area contributed by atoms with E-state index in [0.29, 0.717) is 55.6 Å². The van der Waals surface area contributed by atoms with Gasteiger partial charge in [0.25, 0.3) is 11.5 Å². The first-order valence-corrected chi connectivity index (χ1v) is 13.1. The van der Waals surface area contributed by atoms with Crippen molar-refractivity contribution in [3.05, 3.63) is 90.3 Å².